The van der Waals surface area contributed by atoms with E-state index < -0.39 is 10.0 Å². The lowest BCUT2D eigenvalue weighted by molar-refractivity contribution is 0.584. The second-order valence-electron chi connectivity index (χ2n) is 4.54. The topological polar surface area (TPSA) is 70.0 Å². The summed E-state index contributed by atoms with van der Waals surface area (Å²) < 4.78 is 26.9. The fourth-order valence-electron chi connectivity index (χ4n) is 1.88. The van der Waals surface area contributed by atoms with Crippen molar-refractivity contribution in [1.82, 2.24) is 4.72 Å². The first-order valence-corrected chi connectivity index (χ1v) is 9.38. The van der Waals surface area contributed by atoms with E-state index in [0.29, 0.717) is 12.3 Å². The molecule has 0 spiro atoms. The van der Waals surface area contributed by atoms with Gasteiger partial charge >= 0.3 is 0 Å². The SMILES string of the molecule is N#Cc1ccccc1S(=O)(=O)NCCSCc1ccccc1. The Hall–Kier alpha value is -1.81. The van der Waals surface area contributed by atoms with Crippen LogP contribution in [0.2, 0.25) is 0 Å². The van der Waals surface area contributed by atoms with Crippen molar-refractivity contribution in [2.45, 2.75) is 10.6 Å². The summed E-state index contributed by atoms with van der Waals surface area (Å²) >= 11 is 1.66. The lowest BCUT2D eigenvalue weighted by Gasteiger charge is -2.08. The highest BCUT2D eigenvalue weighted by molar-refractivity contribution is 7.98. The van der Waals surface area contributed by atoms with E-state index in [0.717, 1.165) is 5.75 Å². The molecule has 1 N–H and O–H groups in total. The molecule has 0 aliphatic rings. The summed E-state index contributed by atoms with van der Waals surface area (Å²) in [5.74, 6) is 1.51. The molecule has 0 radical (unpaired) electrons. The van der Waals surface area contributed by atoms with Gasteiger partial charge in [-0.05, 0) is 17.7 Å². The number of thioether (sulfide) groups is 1. The zero-order valence-corrected chi connectivity index (χ0v) is 13.5. The Bertz CT molecular complexity index is 753. The highest BCUT2D eigenvalue weighted by atomic mass is 32.2. The van der Waals surface area contributed by atoms with Crippen molar-refractivity contribution in [3.05, 3.63) is 65.7 Å². The molecular weight excluding hydrogens is 316 g/mol. The lowest BCUT2D eigenvalue weighted by Crippen LogP contribution is -2.26. The maximum Gasteiger partial charge on any atom is 0.241 e. The normalized spacial score (nSPS) is 11.0. The zero-order chi connectivity index (χ0) is 15.8. The largest absolute Gasteiger partial charge is 0.241 e. The third kappa shape index (κ3) is 4.60. The maximum absolute atomic E-state index is 12.2. The van der Waals surface area contributed by atoms with E-state index in [2.05, 4.69) is 4.72 Å². The highest BCUT2D eigenvalue weighted by Gasteiger charge is 2.17. The summed E-state index contributed by atoms with van der Waals surface area (Å²) in [4.78, 5) is 0.0329. The minimum atomic E-state index is -3.63. The van der Waals surface area contributed by atoms with Crippen LogP contribution in [0.15, 0.2) is 59.5 Å². The van der Waals surface area contributed by atoms with Gasteiger partial charge in [0.15, 0.2) is 0 Å². The molecule has 0 aliphatic heterocycles. The molecule has 0 atom stereocenters. The van der Waals surface area contributed by atoms with Gasteiger partial charge in [-0.15, -0.1) is 0 Å². The number of nitriles is 1. The molecule has 0 unspecified atom stereocenters. The number of hydrogen-bond donors (Lipinski definition) is 1. The predicted octanol–water partition coefficient (Wildman–Crippen LogP) is 2.77. The molecule has 114 valence electrons. The summed E-state index contributed by atoms with van der Waals surface area (Å²) in [5.41, 5.74) is 1.37. The molecule has 2 rings (SSSR count). The Morgan fingerprint density at radius 2 is 1.73 bits per heavy atom. The molecule has 0 aromatic heterocycles. The third-order valence-corrected chi connectivity index (χ3v) is 5.50. The van der Waals surface area contributed by atoms with E-state index in [1.165, 1.54) is 17.7 Å². The van der Waals surface area contributed by atoms with Gasteiger partial charge in [-0.2, -0.15) is 17.0 Å². The maximum atomic E-state index is 12.2. The van der Waals surface area contributed by atoms with Gasteiger partial charge in [0.25, 0.3) is 0 Å². The first-order valence-electron chi connectivity index (χ1n) is 6.74. The van der Waals surface area contributed by atoms with Gasteiger partial charge in [-0.1, -0.05) is 42.5 Å². The third-order valence-electron chi connectivity index (χ3n) is 2.95. The molecule has 2 aromatic carbocycles. The Kier molecular flexibility index (Phi) is 6.01. The van der Waals surface area contributed by atoms with Crippen LogP contribution in [-0.4, -0.2) is 20.7 Å². The second-order valence-corrected chi connectivity index (χ2v) is 7.38. The highest BCUT2D eigenvalue weighted by Crippen LogP contribution is 2.15. The zero-order valence-electron chi connectivity index (χ0n) is 11.9. The molecule has 6 heteroatoms. The van der Waals surface area contributed by atoms with Gasteiger partial charge < -0.3 is 0 Å². The van der Waals surface area contributed by atoms with Crippen LogP contribution in [0.4, 0.5) is 0 Å². The van der Waals surface area contributed by atoms with Gasteiger partial charge in [0, 0.05) is 18.1 Å². The number of nitrogens with zero attached hydrogens (tertiary/aromatic N) is 1. The second kappa shape index (κ2) is 7.99. The minimum absolute atomic E-state index is 0.0329. The number of benzene rings is 2. The van der Waals surface area contributed by atoms with E-state index in [1.54, 1.807) is 23.9 Å². The summed E-state index contributed by atoms with van der Waals surface area (Å²) in [6.45, 7) is 0.333. The van der Waals surface area contributed by atoms with Crippen molar-refractivity contribution in [3.63, 3.8) is 0 Å². The number of rotatable bonds is 7. The van der Waals surface area contributed by atoms with Crippen molar-refractivity contribution in [1.29, 1.82) is 5.26 Å². The first kappa shape index (κ1) is 16.6. The van der Waals surface area contributed by atoms with E-state index in [1.807, 2.05) is 36.4 Å². The van der Waals surface area contributed by atoms with Gasteiger partial charge in [0.05, 0.1) is 10.5 Å². The van der Waals surface area contributed by atoms with Gasteiger partial charge in [0.1, 0.15) is 6.07 Å². The van der Waals surface area contributed by atoms with Crippen LogP contribution in [0.25, 0.3) is 0 Å². The fraction of sp³-hybridized carbons (Fsp3) is 0.188. The van der Waals surface area contributed by atoms with Crippen molar-refractivity contribution in [3.8, 4) is 6.07 Å². The van der Waals surface area contributed by atoms with Crippen molar-refractivity contribution in [2.75, 3.05) is 12.3 Å². The molecule has 0 amide bonds. The molecule has 0 aliphatic carbocycles. The molecule has 2 aromatic rings. The van der Waals surface area contributed by atoms with Gasteiger partial charge in [-0.3, -0.25) is 0 Å². The predicted molar refractivity (Wildman–Crippen MR) is 88.9 cm³/mol. The molecule has 0 bridgehead atoms. The monoisotopic (exact) mass is 332 g/mol. The van der Waals surface area contributed by atoms with E-state index in [-0.39, 0.29) is 10.5 Å². The van der Waals surface area contributed by atoms with Crippen LogP contribution in [0.1, 0.15) is 11.1 Å². The fourth-order valence-corrected chi connectivity index (χ4v) is 4.02. The summed E-state index contributed by atoms with van der Waals surface area (Å²) in [6.07, 6.45) is 0. The Morgan fingerprint density at radius 3 is 2.45 bits per heavy atom. The van der Waals surface area contributed by atoms with Crippen LogP contribution in [0, 0.1) is 11.3 Å². The average molecular weight is 332 g/mol. The summed E-state index contributed by atoms with van der Waals surface area (Å²) in [7, 11) is -3.63. The van der Waals surface area contributed by atoms with Crippen LogP contribution in [0.5, 0.6) is 0 Å². The van der Waals surface area contributed by atoms with E-state index in [4.69, 9.17) is 5.26 Å². The Balaban J connectivity index is 1.85. The summed E-state index contributed by atoms with van der Waals surface area (Å²) in [6, 6.07) is 18.1. The van der Waals surface area contributed by atoms with Crippen molar-refractivity contribution in [2.24, 2.45) is 0 Å². The van der Waals surface area contributed by atoms with Gasteiger partial charge in [0.2, 0.25) is 10.0 Å². The molecule has 0 saturated heterocycles. The number of sulfonamides is 1. The molecule has 22 heavy (non-hydrogen) atoms. The van der Waals surface area contributed by atoms with E-state index in [9.17, 15) is 8.42 Å². The molecular formula is C16H16N2O2S2. The van der Waals surface area contributed by atoms with Crippen molar-refractivity contribution >= 4 is 21.8 Å². The van der Waals surface area contributed by atoms with Gasteiger partial charge in [-0.25, -0.2) is 13.1 Å². The first-order chi connectivity index (χ1) is 10.6. The van der Waals surface area contributed by atoms with Crippen LogP contribution in [-0.2, 0) is 15.8 Å². The molecule has 0 saturated carbocycles. The standard InChI is InChI=1S/C16H16N2O2S2/c17-12-15-8-4-5-9-16(15)22(19,20)18-10-11-21-13-14-6-2-1-3-7-14/h1-9,18H,10-11,13H2. The van der Waals surface area contributed by atoms with Crippen LogP contribution in [0.3, 0.4) is 0 Å². The van der Waals surface area contributed by atoms with Crippen LogP contribution < -0.4 is 4.72 Å². The Morgan fingerprint density at radius 1 is 1.05 bits per heavy atom. The smallest absolute Gasteiger partial charge is 0.210 e. The number of nitrogens with one attached hydrogen (secondary N) is 1. The average Bonchev–Trinajstić information content (AvgIpc) is 2.55. The summed E-state index contributed by atoms with van der Waals surface area (Å²) in [5, 5.41) is 8.97. The van der Waals surface area contributed by atoms with Crippen molar-refractivity contribution < 1.29 is 8.42 Å². The van der Waals surface area contributed by atoms with Crippen LogP contribution >= 0.6 is 11.8 Å². The van der Waals surface area contributed by atoms with E-state index >= 15 is 0 Å². The molecule has 0 heterocycles. The number of hydrogen-bond acceptors (Lipinski definition) is 4. The minimum Gasteiger partial charge on any atom is -0.210 e. The molecule has 0 fully saturated rings. The Labute approximate surface area is 135 Å². The quantitative estimate of drug-likeness (QED) is 0.792. The lowest BCUT2D eigenvalue weighted by atomic mass is 10.2. The molecule has 4 nitrogen and oxygen atoms in total.